The first-order valence-electron chi connectivity index (χ1n) is 4.56. The number of halogens is 1. The highest BCUT2D eigenvalue weighted by molar-refractivity contribution is 9.10. The lowest BCUT2D eigenvalue weighted by Crippen LogP contribution is -2.16. The molecule has 1 heterocycles. The van der Waals surface area contributed by atoms with E-state index in [4.69, 9.17) is 0 Å². The van der Waals surface area contributed by atoms with Crippen LogP contribution in [0.1, 0.15) is 16.1 Å². The summed E-state index contributed by atoms with van der Waals surface area (Å²) in [7, 11) is -1.41. The Hall–Kier alpha value is -0.923. The first kappa shape index (κ1) is 12.1. The Morgan fingerprint density at radius 2 is 2.13 bits per heavy atom. The van der Waals surface area contributed by atoms with Gasteiger partial charge in [0.15, 0.2) is 6.29 Å². The van der Waals surface area contributed by atoms with Crippen LogP contribution in [0.3, 0.4) is 0 Å². The topological polar surface area (TPSA) is 30.0 Å². The Kier molecular flexibility index (Phi) is 3.83. The van der Waals surface area contributed by atoms with Crippen molar-refractivity contribution in [3.8, 4) is 11.5 Å². The normalized spacial score (nSPS) is 10.4. The minimum Gasteiger partial charge on any atom is -0.296 e. The number of aromatic nitrogens is 1. The van der Waals surface area contributed by atoms with Crippen molar-refractivity contribution in [1.29, 1.82) is 0 Å². The molecule has 0 radical (unpaired) electrons. The fraction of sp³-hybridized carbons (Fsp3) is 0.273. The molecule has 1 rings (SSSR count). The molecule has 0 saturated carbocycles. The maximum atomic E-state index is 10.7. The van der Waals surface area contributed by atoms with Crippen molar-refractivity contribution in [2.75, 3.05) is 0 Å². The molecule has 0 aliphatic heterocycles. The van der Waals surface area contributed by atoms with Gasteiger partial charge in [0, 0.05) is 10.7 Å². The second-order valence-corrected chi connectivity index (χ2v) is 9.87. The van der Waals surface area contributed by atoms with Crippen LogP contribution in [0.15, 0.2) is 16.7 Å². The smallest absolute Gasteiger partial charge is 0.169 e. The number of nitrogens with zero attached hydrogens (tertiary/aromatic N) is 1. The molecule has 0 N–H and O–H groups in total. The monoisotopic (exact) mass is 281 g/mol. The van der Waals surface area contributed by atoms with E-state index in [1.54, 1.807) is 6.20 Å². The lowest BCUT2D eigenvalue weighted by Gasteiger charge is -2.04. The summed E-state index contributed by atoms with van der Waals surface area (Å²) in [5.41, 5.74) is 4.31. The predicted molar refractivity (Wildman–Crippen MR) is 67.5 cm³/mol. The van der Waals surface area contributed by atoms with E-state index in [9.17, 15) is 4.79 Å². The van der Waals surface area contributed by atoms with E-state index in [2.05, 4.69) is 52.0 Å². The molecule has 1 aromatic heterocycles. The molecule has 0 bridgehead atoms. The van der Waals surface area contributed by atoms with Gasteiger partial charge >= 0.3 is 0 Å². The average Bonchev–Trinajstić information content (AvgIpc) is 2.14. The van der Waals surface area contributed by atoms with Crippen molar-refractivity contribution in [1.82, 2.24) is 4.98 Å². The van der Waals surface area contributed by atoms with Crippen molar-refractivity contribution >= 4 is 30.3 Å². The van der Waals surface area contributed by atoms with E-state index in [-0.39, 0.29) is 0 Å². The van der Waals surface area contributed by atoms with Crippen molar-refractivity contribution in [3.63, 3.8) is 0 Å². The van der Waals surface area contributed by atoms with Crippen LogP contribution in [0.2, 0.25) is 19.6 Å². The fourth-order valence-electron chi connectivity index (χ4n) is 0.899. The minimum atomic E-state index is -1.41. The molecule has 0 fully saturated rings. The molecular weight excluding hydrogens is 270 g/mol. The van der Waals surface area contributed by atoms with Crippen LogP contribution in [0.4, 0.5) is 0 Å². The lowest BCUT2D eigenvalue weighted by molar-refractivity contribution is 0.111. The van der Waals surface area contributed by atoms with Crippen LogP contribution in [-0.4, -0.2) is 19.3 Å². The van der Waals surface area contributed by atoms with E-state index in [1.807, 2.05) is 6.07 Å². The van der Waals surface area contributed by atoms with Gasteiger partial charge in [0.05, 0.1) is 5.56 Å². The molecule has 15 heavy (non-hydrogen) atoms. The minimum absolute atomic E-state index is 0.406. The van der Waals surface area contributed by atoms with Gasteiger partial charge in [0.25, 0.3) is 0 Å². The number of hydrogen-bond donors (Lipinski definition) is 0. The molecule has 0 atom stereocenters. The van der Waals surface area contributed by atoms with E-state index < -0.39 is 8.07 Å². The van der Waals surface area contributed by atoms with Crippen molar-refractivity contribution < 1.29 is 4.79 Å². The summed E-state index contributed by atoms with van der Waals surface area (Å²) in [5, 5.41) is 0. The first-order chi connectivity index (χ1) is 6.92. The Balaban J connectivity index is 3.17. The largest absolute Gasteiger partial charge is 0.296 e. The van der Waals surface area contributed by atoms with Crippen molar-refractivity contribution in [3.05, 3.63) is 28.0 Å². The first-order valence-corrected chi connectivity index (χ1v) is 8.85. The standard InChI is InChI=1S/C11H12BrNOSi/c1-15(2,3)5-4-9-6-10(12)7-13-11(9)8-14/h6-8H,1-3H3. The SMILES string of the molecule is C[Si](C)(C)C#Cc1cc(Br)cnc1C=O. The van der Waals surface area contributed by atoms with E-state index >= 15 is 0 Å². The van der Waals surface area contributed by atoms with Crippen LogP contribution in [0, 0.1) is 11.5 Å². The van der Waals surface area contributed by atoms with Crippen LogP contribution in [0.5, 0.6) is 0 Å². The molecule has 0 aliphatic rings. The fourth-order valence-corrected chi connectivity index (χ4v) is 1.74. The second kappa shape index (κ2) is 4.73. The van der Waals surface area contributed by atoms with E-state index in [0.29, 0.717) is 11.3 Å². The summed E-state index contributed by atoms with van der Waals surface area (Å²) in [5.74, 6) is 3.03. The molecule has 0 unspecified atom stereocenters. The molecule has 0 amide bonds. The van der Waals surface area contributed by atoms with Gasteiger partial charge in [-0.25, -0.2) is 0 Å². The third-order valence-electron chi connectivity index (χ3n) is 1.57. The number of hydrogen-bond acceptors (Lipinski definition) is 2. The molecule has 4 heteroatoms. The Labute approximate surface area is 99.2 Å². The summed E-state index contributed by atoms with van der Waals surface area (Å²) in [4.78, 5) is 14.7. The lowest BCUT2D eigenvalue weighted by atomic mass is 10.2. The highest BCUT2D eigenvalue weighted by Crippen LogP contribution is 2.12. The van der Waals surface area contributed by atoms with Gasteiger partial charge in [-0.15, -0.1) is 5.54 Å². The number of aldehydes is 1. The predicted octanol–water partition coefficient (Wildman–Crippen LogP) is 2.89. The molecule has 78 valence electrons. The molecule has 0 aromatic carbocycles. The van der Waals surface area contributed by atoms with Gasteiger partial charge in [0.2, 0.25) is 0 Å². The molecule has 0 saturated heterocycles. The highest BCUT2D eigenvalue weighted by Gasteiger charge is 2.08. The maximum Gasteiger partial charge on any atom is 0.169 e. The molecule has 1 aromatic rings. The Morgan fingerprint density at radius 3 is 2.67 bits per heavy atom. The summed E-state index contributed by atoms with van der Waals surface area (Å²) >= 11 is 3.31. The van der Waals surface area contributed by atoms with Gasteiger partial charge in [-0.05, 0) is 22.0 Å². The van der Waals surface area contributed by atoms with Crippen molar-refractivity contribution in [2.24, 2.45) is 0 Å². The molecule has 0 aliphatic carbocycles. The number of pyridine rings is 1. The van der Waals surface area contributed by atoms with Gasteiger partial charge in [-0.3, -0.25) is 9.78 Å². The molecule has 2 nitrogen and oxygen atoms in total. The van der Waals surface area contributed by atoms with Crippen LogP contribution >= 0.6 is 15.9 Å². The van der Waals surface area contributed by atoms with Gasteiger partial charge < -0.3 is 0 Å². The Morgan fingerprint density at radius 1 is 1.47 bits per heavy atom. The summed E-state index contributed by atoms with van der Waals surface area (Å²) < 4.78 is 0.841. The molecule has 0 spiro atoms. The van der Waals surface area contributed by atoms with Crippen LogP contribution < -0.4 is 0 Å². The number of carbonyl (C=O) groups excluding carboxylic acids is 1. The zero-order valence-corrected chi connectivity index (χ0v) is 11.6. The van der Waals surface area contributed by atoms with E-state index in [1.165, 1.54) is 0 Å². The van der Waals surface area contributed by atoms with Crippen LogP contribution in [-0.2, 0) is 0 Å². The third kappa shape index (κ3) is 3.98. The van der Waals surface area contributed by atoms with E-state index in [0.717, 1.165) is 10.8 Å². The van der Waals surface area contributed by atoms with Crippen LogP contribution in [0.25, 0.3) is 0 Å². The maximum absolute atomic E-state index is 10.7. The summed E-state index contributed by atoms with van der Waals surface area (Å²) in [6.07, 6.45) is 2.34. The quantitative estimate of drug-likeness (QED) is 0.450. The zero-order chi connectivity index (χ0) is 11.5. The van der Waals surface area contributed by atoms with Crippen molar-refractivity contribution in [2.45, 2.75) is 19.6 Å². The second-order valence-electron chi connectivity index (χ2n) is 4.20. The third-order valence-corrected chi connectivity index (χ3v) is 2.88. The zero-order valence-electron chi connectivity index (χ0n) is 8.97. The number of carbonyl (C=O) groups is 1. The Bertz CT molecular complexity index is 440. The summed E-state index contributed by atoms with van der Waals surface area (Å²) in [6, 6.07) is 1.82. The summed E-state index contributed by atoms with van der Waals surface area (Å²) in [6.45, 7) is 6.48. The van der Waals surface area contributed by atoms with Gasteiger partial charge in [-0.2, -0.15) is 0 Å². The van der Waals surface area contributed by atoms with Gasteiger partial charge in [0.1, 0.15) is 13.8 Å². The average molecular weight is 282 g/mol. The highest BCUT2D eigenvalue weighted by atomic mass is 79.9. The van der Waals surface area contributed by atoms with Gasteiger partial charge in [-0.1, -0.05) is 25.6 Å². The molecular formula is C11H12BrNOSi. The number of rotatable bonds is 1.